The van der Waals surface area contributed by atoms with Crippen LogP contribution in [0.2, 0.25) is 10.1 Å². The smallest absolute Gasteiger partial charge is 0.261 e. The average Bonchev–Trinajstić information content (AvgIpc) is 3.15. The number of hydrogen-bond acceptors (Lipinski definition) is 6. The van der Waals surface area contributed by atoms with Gasteiger partial charge in [-0.05, 0) is 43.0 Å². The van der Waals surface area contributed by atoms with E-state index in [1.54, 1.807) is 0 Å². The predicted octanol–water partition coefficient (Wildman–Crippen LogP) is 6.75. The van der Waals surface area contributed by atoms with Gasteiger partial charge in [0, 0.05) is 4.90 Å². The van der Waals surface area contributed by atoms with E-state index in [0.717, 1.165) is 25.6 Å². The molecule has 1 fully saturated rings. The SMILES string of the molecule is CC(C)(C)[Si](O[C@@H]1[C@@H](O)[C@@H](Sc2ccccc2)O[C@H](CO)[C@H]1O[Si](c1ccccc1)(c1ccccc1)C(C)(C)C)(c1ccccc1)c1ccccc1. The molecule has 0 amide bonds. The second kappa shape index (κ2) is 16.0. The first-order chi connectivity index (χ1) is 24.9. The van der Waals surface area contributed by atoms with Crippen molar-refractivity contribution in [1.29, 1.82) is 0 Å². The van der Waals surface area contributed by atoms with Crippen LogP contribution in [0.25, 0.3) is 0 Å². The molecule has 0 bridgehead atoms. The second-order valence-electron chi connectivity index (χ2n) is 15.6. The van der Waals surface area contributed by atoms with Crippen molar-refractivity contribution in [3.63, 3.8) is 0 Å². The fourth-order valence-electron chi connectivity index (χ4n) is 7.84. The van der Waals surface area contributed by atoms with Gasteiger partial charge >= 0.3 is 0 Å². The van der Waals surface area contributed by atoms with E-state index >= 15 is 0 Å². The van der Waals surface area contributed by atoms with E-state index in [1.165, 1.54) is 11.8 Å². The molecule has 0 unspecified atom stereocenters. The Balaban J connectivity index is 1.59. The Morgan fingerprint density at radius 2 is 0.865 bits per heavy atom. The zero-order chi connectivity index (χ0) is 37.0. The van der Waals surface area contributed by atoms with Crippen LogP contribution >= 0.6 is 11.8 Å². The molecule has 1 heterocycles. The fourth-order valence-corrected chi connectivity index (χ4v) is 18.3. The first-order valence-corrected chi connectivity index (χ1v) is 22.9. The van der Waals surface area contributed by atoms with Crippen LogP contribution < -0.4 is 20.7 Å². The summed E-state index contributed by atoms with van der Waals surface area (Å²) in [7, 11) is -6.45. The molecule has 272 valence electrons. The van der Waals surface area contributed by atoms with E-state index in [4.69, 9.17) is 13.6 Å². The van der Waals surface area contributed by atoms with Gasteiger partial charge in [-0.1, -0.05) is 193 Å². The largest absolute Gasteiger partial charge is 0.399 e. The first-order valence-electron chi connectivity index (χ1n) is 18.2. The third-order valence-electron chi connectivity index (χ3n) is 10.2. The normalized spacial score (nSPS) is 21.5. The molecule has 0 aromatic heterocycles. The van der Waals surface area contributed by atoms with E-state index < -0.39 is 46.5 Å². The van der Waals surface area contributed by atoms with E-state index in [-0.39, 0.29) is 16.7 Å². The summed E-state index contributed by atoms with van der Waals surface area (Å²) in [5, 5.41) is 27.7. The number of aliphatic hydroxyl groups is 2. The van der Waals surface area contributed by atoms with Crippen molar-refractivity contribution >= 4 is 49.1 Å². The summed E-state index contributed by atoms with van der Waals surface area (Å²) in [6.45, 7) is 13.1. The Bertz CT molecular complexity index is 1760. The number of benzene rings is 5. The molecular weight excluding hydrogens is 697 g/mol. The summed E-state index contributed by atoms with van der Waals surface area (Å²) in [5.74, 6) is 0. The van der Waals surface area contributed by atoms with E-state index in [0.29, 0.717) is 0 Å². The van der Waals surface area contributed by atoms with Gasteiger partial charge in [0.2, 0.25) is 0 Å². The van der Waals surface area contributed by atoms with Gasteiger partial charge in [-0.15, -0.1) is 0 Å². The van der Waals surface area contributed by atoms with Crippen LogP contribution in [-0.2, 0) is 13.6 Å². The van der Waals surface area contributed by atoms with Gasteiger partial charge in [-0.2, -0.15) is 0 Å². The predicted molar refractivity (Wildman–Crippen MR) is 219 cm³/mol. The molecule has 8 heteroatoms. The molecule has 5 aromatic carbocycles. The van der Waals surface area contributed by atoms with Crippen LogP contribution in [-0.4, -0.2) is 63.3 Å². The Labute approximate surface area is 316 Å². The summed E-state index contributed by atoms with van der Waals surface area (Å²) < 4.78 is 22.4. The van der Waals surface area contributed by atoms with Crippen molar-refractivity contribution in [3.05, 3.63) is 152 Å². The van der Waals surface area contributed by atoms with Crippen LogP contribution in [0, 0.1) is 0 Å². The van der Waals surface area contributed by atoms with Gasteiger partial charge in [0.15, 0.2) is 0 Å². The molecule has 6 rings (SSSR count). The molecule has 5 aromatic rings. The van der Waals surface area contributed by atoms with Crippen molar-refractivity contribution in [2.45, 2.75) is 86.4 Å². The Kier molecular flexibility index (Phi) is 11.8. The maximum atomic E-state index is 12.7. The van der Waals surface area contributed by atoms with Crippen LogP contribution in [0.4, 0.5) is 0 Å². The highest BCUT2D eigenvalue weighted by Crippen LogP contribution is 2.45. The zero-order valence-corrected chi connectivity index (χ0v) is 33.9. The highest BCUT2D eigenvalue weighted by Gasteiger charge is 2.60. The second-order valence-corrected chi connectivity index (χ2v) is 25.3. The van der Waals surface area contributed by atoms with Crippen LogP contribution in [0.5, 0.6) is 0 Å². The van der Waals surface area contributed by atoms with Gasteiger partial charge in [-0.25, -0.2) is 0 Å². The molecule has 0 spiro atoms. The Hall–Kier alpha value is -3.32. The highest BCUT2D eigenvalue weighted by molar-refractivity contribution is 7.99. The minimum atomic E-state index is -3.24. The van der Waals surface area contributed by atoms with Crippen molar-refractivity contribution < 1.29 is 23.8 Å². The third-order valence-corrected chi connectivity index (χ3v) is 21.5. The first kappa shape index (κ1) is 38.4. The molecule has 2 N–H and O–H groups in total. The van der Waals surface area contributed by atoms with Crippen molar-refractivity contribution in [1.82, 2.24) is 0 Å². The summed E-state index contributed by atoms with van der Waals surface area (Å²) in [6, 6.07) is 51.9. The molecule has 0 radical (unpaired) electrons. The van der Waals surface area contributed by atoms with Crippen molar-refractivity contribution in [2.24, 2.45) is 0 Å². The number of rotatable bonds is 11. The zero-order valence-electron chi connectivity index (χ0n) is 31.1. The fraction of sp³-hybridized carbons (Fsp3) is 0.318. The molecule has 0 aliphatic carbocycles. The Morgan fingerprint density at radius 1 is 0.538 bits per heavy atom. The van der Waals surface area contributed by atoms with E-state index in [9.17, 15) is 10.2 Å². The van der Waals surface area contributed by atoms with Gasteiger partial charge in [0.05, 0.1) is 6.61 Å². The molecular formula is C44H52O5SSi2. The van der Waals surface area contributed by atoms with Gasteiger partial charge in [0.25, 0.3) is 16.6 Å². The van der Waals surface area contributed by atoms with Crippen LogP contribution in [0.3, 0.4) is 0 Å². The monoisotopic (exact) mass is 748 g/mol. The lowest BCUT2D eigenvalue weighted by molar-refractivity contribution is -0.195. The highest BCUT2D eigenvalue weighted by atomic mass is 32.2. The van der Waals surface area contributed by atoms with Crippen LogP contribution in [0.1, 0.15) is 41.5 Å². The van der Waals surface area contributed by atoms with Crippen LogP contribution in [0.15, 0.2) is 157 Å². The van der Waals surface area contributed by atoms with Gasteiger partial charge < -0.3 is 23.8 Å². The summed E-state index contributed by atoms with van der Waals surface area (Å²) in [5.41, 5.74) is -0.721. The minimum absolute atomic E-state index is 0.304. The van der Waals surface area contributed by atoms with E-state index in [1.807, 2.05) is 54.6 Å². The molecule has 1 saturated heterocycles. The summed E-state index contributed by atoms with van der Waals surface area (Å²) >= 11 is 1.45. The average molecular weight is 749 g/mol. The van der Waals surface area contributed by atoms with Crippen molar-refractivity contribution in [2.75, 3.05) is 6.61 Å². The topological polar surface area (TPSA) is 68.2 Å². The third kappa shape index (κ3) is 7.41. The molecule has 1 aliphatic rings. The number of aliphatic hydroxyl groups excluding tert-OH is 2. The molecule has 5 atom stereocenters. The number of ether oxygens (including phenoxy) is 1. The summed E-state index contributed by atoms with van der Waals surface area (Å²) in [6.07, 6.45) is -3.56. The van der Waals surface area contributed by atoms with E-state index in [2.05, 4.69) is 139 Å². The maximum absolute atomic E-state index is 12.7. The number of thioether (sulfide) groups is 1. The summed E-state index contributed by atoms with van der Waals surface area (Å²) in [4.78, 5) is 0.957. The minimum Gasteiger partial charge on any atom is -0.399 e. The quantitative estimate of drug-likeness (QED) is 0.146. The number of hydrogen-bond donors (Lipinski definition) is 2. The maximum Gasteiger partial charge on any atom is 0.261 e. The van der Waals surface area contributed by atoms with Gasteiger partial charge in [-0.3, -0.25) is 0 Å². The lowest BCUT2D eigenvalue weighted by Gasteiger charge is -2.54. The standard InChI is InChI=1S/C44H52O5SSi2/c1-43(2,3)51(34-24-14-8-15-25-34,35-26-16-9-17-27-35)48-40-38(32-45)47-42(50-33-22-12-7-13-23-33)39(46)41(40)49-52(44(4,5)6,36-28-18-10-19-29-36)37-30-20-11-21-31-37/h7-31,38-42,45-46H,32H2,1-6H3/t38-,39-,40-,41-,42-/m1/s1. The van der Waals surface area contributed by atoms with Crippen molar-refractivity contribution in [3.8, 4) is 0 Å². The molecule has 5 nitrogen and oxygen atoms in total. The lowest BCUT2D eigenvalue weighted by atomic mass is 10.0. The molecule has 52 heavy (non-hydrogen) atoms. The molecule has 1 aliphatic heterocycles. The lowest BCUT2D eigenvalue weighted by Crippen LogP contribution is -2.75. The molecule has 0 saturated carbocycles. The Morgan fingerprint density at radius 3 is 1.19 bits per heavy atom. The van der Waals surface area contributed by atoms with Gasteiger partial charge in [0.1, 0.15) is 29.9 Å².